The number of nitriles is 1. The molecule has 0 amide bonds. The standard InChI is InChI=1S/C13H18ClN3O2S/c1-3-17(20(2,18)19)8-4-7-16-12-6-5-11(10-15)13(14)9-12/h5-6,9,16H,3-4,7-8H2,1-2H3. The van der Waals surface area contributed by atoms with Crippen LogP contribution in [-0.4, -0.2) is 38.6 Å². The molecule has 0 aliphatic rings. The van der Waals surface area contributed by atoms with Crippen LogP contribution in [0.1, 0.15) is 18.9 Å². The molecule has 1 rings (SSSR count). The Balaban J connectivity index is 2.46. The molecule has 7 heteroatoms. The number of anilines is 1. The Morgan fingerprint density at radius 2 is 2.15 bits per heavy atom. The normalized spacial score (nSPS) is 11.3. The quantitative estimate of drug-likeness (QED) is 0.784. The fourth-order valence-corrected chi connectivity index (χ4v) is 2.91. The Labute approximate surface area is 125 Å². The van der Waals surface area contributed by atoms with Gasteiger partial charge in [-0.05, 0) is 24.6 Å². The fourth-order valence-electron chi connectivity index (χ4n) is 1.76. The molecule has 0 saturated carbocycles. The predicted octanol–water partition coefficient (Wildman–Crippen LogP) is 2.30. The van der Waals surface area contributed by atoms with Crippen LogP contribution in [0, 0.1) is 11.3 Å². The molecule has 1 aromatic carbocycles. The number of benzene rings is 1. The van der Waals surface area contributed by atoms with Gasteiger partial charge in [0.1, 0.15) is 6.07 Å². The summed E-state index contributed by atoms with van der Waals surface area (Å²) in [6.07, 6.45) is 1.91. The first-order valence-electron chi connectivity index (χ1n) is 6.27. The molecule has 0 bridgehead atoms. The van der Waals surface area contributed by atoms with E-state index in [0.29, 0.717) is 36.6 Å². The lowest BCUT2D eigenvalue weighted by Crippen LogP contribution is -2.31. The monoisotopic (exact) mass is 315 g/mol. The molecular formula is C13H18ClN3O2S. The van der Waals surface area contributed by atoms with Crippen molar-refractivity contribution in [2.45, 2.75) is 13.3 Å². The van der Waals surface area contributed by atoms with Crippen molar-refractivity contribution in [3.8, 4) is 6.07 Å². The number of rotatable bonds is 7. The molecule has 110 valence electrons. The van der Waals surface area contributed by atoms with Crippen LogP contribution in [0.4, 0.5) is 5.69 Å². The minimum Gasteiger partial charge on any atom is -0.385 e. The average Bonchev–Trinajstić information content (AvgIpc) is 2.37. The van der Waals surface area contributed by atoms with E-state index in [0.717, 1.165) is 5.69 Å². The van der Waals surface area contributed by atoms with Gasteiger partial charge in [0.25, 0.3) is 0 Å². The summed E-state index contributed by atoms with van der Waals surface area (Å²) in [7, 11) is -3.13. The zero-order valence-electron chi connectivity index (χ0n) is 11.6. The Morgan fingerprint density at radius 3 is 2.65 bits per heavy atom. The van der Waals surface area contributed by atoms with Crippen molar-refractivity contribution in [2.24, 2.45) is 0 Å². The van der Waals surface area contributed by atoms with E-state index in [1.54, 1.807) is 18.2 Å². The molecular weight excluding hydrogens is 298 g/mol. The van der Waals surface area contributed by atoms with E-state index >= 15 is 0 Å². The molecule has 0 radical (unpaired) electrons. The fraction of sp³-hybridized carbons (Fsp3) is 0.462. The lowest BCUT2D eigenvalue weighted by atomic mass is 10.2. The van der Waals surface area contributed by atoms with E-state index in [2.05, 4.69) is 5.32 Å². The number of halogens is 1. The maximum Gasteiger partial charge on any atom is 0.211 e. The lowest BCUT2D eigenvalue weighted by Gasteiger charge is -2.17. The van der Waals surface area contributed by atoms with Gasteiger partial charge in [0.2, 0.25) is 10.0 Å². The number of nitrogens with one attached hydrogen (secondary N) is 1. The zero-order chi connectivity index (χ0) is 15.2. The summed E-state index contributed by atoms with van der Waals surface area (Å²) in [5, 5.41) is 12.3. The SMILES string of the molecule is CCN(CCCNc1ccc(C#N)c(Cl)c1)S(C)(=O)=O. The first-order valence-corrected chi connectivity index (χ1v) is 8.49. The third-order valence-electron chi connectivity index (χ3n) is 2.82. The van der Waals surface area contributed by atoms with E-state index in [1.165, 1.54) is 10.6 Å². The van der Waals surface area contributed by atoms with Gasteiger partial charge < -0.3 is 5.32 Å². The van der Waals surface area contributed by atoms with Crippen molar-refractivity contribution >= 4 is 27.3 Å². The van der Waals surface area contributed by atoms with Crippen LogP contribution in [-0.2, 0) is 10.0 Å². The predicted molar refractivity (Wildman–Crippen MR) is 81.4 cm³/mol. The minimum absolute atomic E-state index is 0.406. The first-order chi connectivity index (χ1) is 9.38. The molecule has 0 heterocycles. The highest BCUT2D eigenvalue weighted by atomic mass is 35.5. The molecule has 5 nitrogen and oxygen atoms in total. The third kappa shape index (κ3) is 5.00. The van der Waals surface area contributed by atoms with Crippen LogP contribution < -0.4 is 5.32 Å². The van der Waals surface area contributed by atoms with Gasteiger partial charge >= 0.3 is 0 Å². The van der Waals surface area contributed by atoms with Crippen molar-refractivity contribution in [2.75, 3.05) is 31.2 Å². The van der Waals surface area contributed by atoms with Gasteiger partial charge in [0.15, 0.2) is 0 Å². The molecule has 1 aromatic rings. The highest BCUT2D eigenvalue weighted by Gasteiger charge is 2.13. The average molecular weight is 316 g/mol. The van der Waals surface area contributed by atoms with E-state index in [-0.39, 0.29) is 0 Å². The van der Waals surface area contributed by atoms with Gasteiger partial charge in [-0.1, -0.05) is 18.5 Å². The molecule has 0 saturated heterocycles. The number of sulfonamides is 1. The molecule has 0 aliphatic heterocycles. The number of hydrogen-bond acceptors (Lipinski definition) is 4. The van der Waals surface area contributed by atoms with Gasteiger partial charge in [-0.25, -0.2) is 12.7 Å². The molecule has 0 aromatic heterocycles. The van der Waals surface area contributed by atoms with Crippen LogP contribution in [0.25, 0.3) is 0 Å². The van der Waals surface area contributed by atoms with Crippen molar-refractivity contribution in [1.82, 2.24) is 4.31 Å². The lowest BCUT2D eigenvalue weighted by molar-refractivity contribution is 0.429. The second-order valence-corrected chi connectivity index (χ2v) is 6.73. The molecule has 0 atom stereocenters. The Kier molecular flexibility index (Phi) is 6.27. The Morgan fingerprint density at radius 1 is 1.45 bits per heavy atom. The molecule has 0 unspecified atom stereocenters. The Bertz CT molecular complexity index is 596. The smallest absolute Gasteiger partial charge is 0.211 e. The van der Waals surface area contributed by atoms with E-state index in [4.69, 9.17) is 16.9 Å². The minimum atomic E-state index is -3.13. The highest BCUT2D eigenvalue weighted by molar-refractivity contribution is 7.88. The van der Waals surface area contributed by atoms with Gasteiger partial charge in [-0.15, -0.1) is 0 Å². The maximum absolute atomic E-state index is 11.4. The number of hydrogen-bond donors (Lipinski definition) is 1. The summed E-state index contributed by atoms with van der Waals surface area (Å²) >= 11 is 5.93. The number of nitrogens with zero attached hydrogens (tertiary/aromatic N) is 2. The van der Waals surface area contributed by atoms with E-state index < -0.39 is 10.0 Å². The van der Waals surface area contributed by atoms with E-state index in [9.17, 15) is 8.42 Å². The summed E-state index contributed by atoms with van der Waals surface area (Å²) in [4.78, 5) is 0. The van der Waals surface area contributed by atoms with E-state index in [1.807, 2.05) is 13.0 Å². The van der Waals surface area contributed by atoms with Gasteiger partial charge in [0, 0.05) is 25.3 Å². The summed E-state index contributed by atoms with van der Waals surface area (Å²) in [5.41, 5.74) is 1.25. The van der Waals surface area contributed by atoms with Crippen LogP contribution in [0.5, 0.6) is 0 Å². The topological polar surface area (TPSA) is 73.2 Å². The van der Waals surface area contributed by atoms with Gasteiger partial charge in [-0.2, -0.15) is 5.26 Å². The largest absolute Gasteiger partial charge is 0.385 e. The zero-order valence-corrected chi connectivity index (χ0v) is 13.1. The van der Waals surface area contributed by atoms with Crippen LogP contribution in [0.15, 0.2) is 18.2 Å². The summed E-state index contributed by atoms with van der Waals surface area (Å²) in [6, 6.07) is 7.11. The Hall–Kier alpha value is -1.29. The summed E-state index contributed by atoms with van der Waals surface area (Å²) < 4.78 is 24.2. The molecule has 0 fully saturated rings. The second kappa shape index (κ2) is 7.48. The van der Waals surface area contributed by atoms with Gasteiger partial charge in [-0.3, -0.25) is 0 Å². The van der Waals surface area contributed by atoms with Crippen molar-refractivity contribution in [3.63, 3.8) is 0 Å². The van der Waals surface area contributed by atoms with Gasteiger partial charge in [0.05, 0.1) is 16.8 Å². The van der Waals surface area contributed by atoms with Crippen LogP contribution >= 0.6 is 11.6 Å². The van der Waals surface area contributed by atoms with Crippen molar-refractivity contribution in [1.29, 1.82) is 5.26 Å². The molecule has 0 spiro atoms. The molecule has 20 heavy (non-hydrogen) atoms. The molecule has 0 aliphatic carbocycles. The second-order valence-electron chi connectivity index (χ2n) is 4.34. The van der Waals surface area contributed by atoms with Crippen molar-refractivity contribution in [3.05, 3.63) is 28.8 Å². The van der Waals surface area contributed by atoms with Crippen LogP contribution in [0.3, 0.4) is 0 Å². The summed E-state index contributed by atoms with van der Waals surface area (Å²) in [5.74, 6) is 0. The third-order valence-corrected chi connectivity index (χ3v) is 4.52. The molecule has 1 N–H and O–H groups in total. The maximum atomic E-state index is 11.4. The van der Waals surface area contributed by atoms with Crippen LogP contribution in [0.2, 0.25) is 5.02 Å². The highest BCUT2D eigenvalue weighted by Crippen LogP contribution is 2.20. The first kappa shape index (κ1) is 16.8. The summed E-state index contributed by atoms with van der Waals surface area (Å²) in [6.45, 7) is 3.40. The van der Waals surface area contributed by atoms with Crippen molar-refractivity contribution < 1.29 is 8.42 Å².